The molecule has 1 fully saturated rings. The summed E-state index contributed by atoms with van der Waals surface area (Å²) >= 11 is 0. The number of piperidine rings is 1. The summed E-state index contributed by atoms with van der Waals surface area (Å²) in [6.07, 6.45) is 6.09. The van der Waals surface area contributed by atoms with E-state index >= 15 is 0 Å². The van der Waals surface area contributed by atoms with Gasteiger partial charge in [-0.2, -0.15) is 0 Å². The van der Waals surface area contributed by atoms with Gasteiger partial charge >= 0.3 is 0 Å². The second kappa shape index (κ2) is 13.4. The van der Waals surface area contributed by atoms with Crippen LogP contribution in [-0.2, 0) is 11.3 Å². The minimum Gasteiger partial charge on any atom is -0.493 e. The van der Waals surface area contributed by atoms with E-state index in [9.17, 15) is 0 Å². The monoisotopic (exact) mass is 390 g/mol. The molecule has 1 aliphatic rings. The fourth-order valence-electron chi connectivity index (χ4n) is 3.52. The lowest BCUT2D eigenvalue weighted by Gasteiger charge is -2.33. The Hall–Kier alpha value is -1.79. The Morgan fingerprint density at radius 2 is 2.11 bits per heavy atom. The summed E-state index contributed by atoms with van der Waals surface area (Å²) in [4.78, 5) is 6.94. The van der Waals surface area contributed by atoms with Crippen molar-refractivity contribution in [3.05, 3.63) is 29.8 Å². The third-order valence-corrected chi connectivity index (χ3v) is 5.20. The maximum absolute atomic E-state index is 5.77. The largest absolute Gasteiger partial charge is 0.493 e. The van der Waals surface area contributed by atoms with Gasteiger partial charge in [0.1, 0.15) is 5.75 Å². The van der Waals surface area contributed by atoms with Crippen LogP contribution >= 0.6 is 0 Å². The number of methoxy groups -OCH3 is 1. The molecule has 0 bridgehead atoms. The Balaban J connectivity index is 1.66. The number of aliphatic imine (C=N–C) groups is 1. The van der Waals surface area contributed by atoms with Gasteiger partial charge in [0.05, 0.1) is 6.61 Å². The highest BCUT2D eigenvalue weighted by Gasteiger charge is 2.17. The van der Waals surface area contributed by atoms with Crippen molar-refractivity contribution in [1.29, 1.82) is 0 Å². The molecule has 1 saturated heterocycles. The number of hydrogen-bond acceptors (Lipinski definition) is 4. The van der Waals surface area contributed by atoms with E-state index in [4.69, 9.17) is 9.47 Å². The van der Waals surface area contributed by atoms with Gasteiger partial charge in [0.25, 0.3) is 0 Å². The number of benzene rings is 1. The molecule has 0 radical (unpaired) electrons. The third-order valence-electron chi connectivity index (χ3n) is 5.20. The Morgan fingerprint density at radius 1 is 1.21 bits per heavy atom. The molecule has 1 heterocycles. The van der Waals surface area contributed by atoms with Gasteiger partial charge in [-0.25, -0.2) is 0 Å². The second-order valence-electron chi connectivity index (χ2n) is 7.43. The summed E-state index contributed by atoms with van der Waals surface area (Å²) in [5, 5.41) is 6.81. The van der Waals surface area contributed by atoms with Crippen LogP contribution < -0.4 is 15.4 Å². The summed E-state index contributed by atoms with van der Waals surface area (Å²) in [5.41, 5.74) is 1.18. The van der Waals surface area contributed by atoms with Crippen LogP contribution in [0.3, 0.4) is 0 Å². The lowest BCUT2D eigenvalue weighted by molar-refractivity contribution is 0.159. The van der Waals surface area contributed by atoms with Crippen LogP contribution in [0.15, 0.2) is 29.3 Å². The normalized spacial score (nSPS) is 18.1. The van der Waals surface area contributed by atoms with Crippen molar-refractivity contribution in [2.24, 2.45) is 4.99 Å². The maximum Gasteiger partial charge on any atom is 0.191 e. The number of nitrogens with one attached hydrogen (secondary N) is 2. The number of likely N-dealkylation sites (tertiary alicyclic amines) is 1. The van der Waals surface area contributed by atoms with Crippen molar-refractivity contribution in [1.82, 2.24) is 15.5 Å². The maximum atomic E-state index is 5.77. The van der Waals surface area contributed by atoms with Crippen molar-refractivity contribution in [2.45, 2.75) is 51.6 Å². The van der Waals surface area contributed by atoms with Crippen molar-refractivity contribution in [3.63, 3.8) is 0 Å². The SMILES string of the molecule is CN=C(NCCCN1CCCCC1C)NCc1cccc(OCCCOC)c1. The molecule has 28 heavy (non-hydrogen) atoms. The Bertz CT molecular complexity index is 579. The Morgan fingerprint density at radius 3 is 2.89 bits per heavy atom. The minimum atomic E-state index is 0.670. The minimum absolute atomic E-state index is 0.670. The van der Waals surface area contributed by atoms with E-state index in [0.717, 1.165) is 56.8 Å². The lowest BCUT2D eigenvalue weighted by atomic mass is 10.0. The number of rotatable bonds is 11. The average Bonchev–Trinajstić information content (AvgIpc) is 2.72. The summed E-state index contributed by atoms with van der Waals surface area (Å²) in [6, 6.07) is 8.92. The van der Waals surface area contributed by atoms with E-state index in [-0.39, 0.29) is 0 Å². The van der Waals surface area contributed by atoms with Gasteiger partial charge in [0.15, 0.2) is 5.96 Å². The topological polar surface area (TPSA) is 58.1 Å². The highest BCUT2D eigenvalue weighted by molar-refractivity contribution is 5.79. The molecule has 1 atom stereocenters. The predicted octanol–water partition coefficient (Wildman–Crippen LogP) is 3.03. The molecule has 2 rings (SSSR count). The highest BCUT2D eigenvalue weighted by Crippen LogP contribution is 2.16. The molecular formula is C22H38N4O2. The molecule has 0 aliphatic carbocycles. The quantitative estimate of drug-likeness (QED) is 0.346. The van der Waals surface area contributed by atoms with Gasteiger partial charge in [0.2, 0.25) is 0 Å². The van der Waals surface area contributed by atoms with Crippen LogP contribution in [0.25, 0.3) is 0 Å². The highest BCUT2D eigenvalue weighted by atomic mass is 16.5. The number of ether oxygens (including phenoxy) is 2. The Labute approximate surface area is 170 Å². The van der Waals surface area contributed by atoms with Crippen molar-refractivity contribution in [3.8, 4) is 5.75 Å². The zero-order valence-corrected chi connectivity index (χ0v) is 17.9. The van der Waals surface area contributed by atoms with E-state index in [0.29, 0.717) is 6.61 Å². The van der Waals surface area contributed by atoms with E-state index in [2.05, 4.69) is 39.6 Å². The molecule has 1 aliphatic heterocycles. The van der Waals surface area contributed by atoms with Crippen LogP contribution in [0.4, 0.5) is 0 Å². The van der Waals surface area contributed by atoms with Crippen LogP contribution in [0.2, 0.25) is 0 Å². The zero-order chi connectivity index (χ0) is 20.0. The van der Waals surface area contributed by atoms with Crippen LogP contribution in [-0.4, -0.2) is 63.9 Å². The molecule has 158 valence electrons. The molecule has 1 aromatic rings. The fraction of sp³-hybridized carbons (Fsp3) is 0.682. The average molecular weight is 391 g/mol. The van der Waals surface area contributed by atoms with Gasteiger partial charge in [-0.05, 0) is 50.4 Å². The van der Waals surface area contributed by atoms with Crippen molar-refractivity contribution < 1.29 is 9.47 Å². The van der Waals surface area contributed by atoms with Crippen molar-refractivity contribution in [2.75, 3.05) is 47.0 Å². The molecule has 2 N–H and O–H groups in total. The number of guanidine groups is 1. The van der Waals surface area contributed by atoms with E-state index in [1.54, 1.807) is 7.11 Å². The summed E-state index contributed by atoms with van der Waals surface area (Å²) in [6.45, 7) is 7.81. The number of nitrogens with zero attached hydrogens (tertiary/aromatic N) is 2. The molecule has 0 spiro atoms. The summed E-state index contributed by atoms with van der Waals surface area (Å²) in [5.74, 6) is 1.74. The number of hydrogen-bond donors (Lipinski definition) is 2. The van der Waals surface area contributed by atoms with Crippen LogP contribution in [0, 0.1) is 0 Å². The summed E-state index contributed by atoms with van der Waals surface area (Å²) in [7, 11) is 3.53. The van der Waals surface area contributed by atoms with Gasteiger partial charge < -0.3 is 25.0 Å². The summed E-state index contributed by atoms with van der Waals surface area (Å²) < 4.78 is 10.8. The zero-order valence-electron chi connectivity index (χ0n) is 17.9. The van der Waals surface area contributed by atoms with Gasteiger partial charge in [-0.1, -0.05) is 18.6 Å². The van der Waals surface area contributed by atoms with Gasteiger partial charge in [-0.15, -0.1) is 0 Å². The first-order valence-electron chi connectivity index (χ1n) is 10.6. The molecule has 0 saturated carbocycles. The molecule has 1 aromatic carbocycles. The van der Waals surface area contributed by atoms with Crippen LogP contribution in [0.5, 0.6) is 5.75 Å². The molecule has 0 aromatic heterocycles. The van der Waals surface area contributed by atoms with E-state index in [1.165, 1.54) is 31.4 Å². The molecule has 1 unspecified atom stereocenters. The third kappa shape index (κ3) is 8.48. The molecule has 6 nitrogen and oxygen atoms in total. The van der Waals surface area contributed by atoms with Gasteiger partial charge in [-0.3, -0.25) is 4.99 Å². The lowest BCUT2D eigenvalue weighted by Crippen LogP contribution is -2.41. The molecule has 6 heteroatoms. The van der Waals surface area contributed by atoms with E-state index < -0.39 is 0 Å². The predicted molar refractivity (Wildman–Crippen MR) is 116 cm³/mol. The van der Waals surface area contributed by atoms with E-state index in [1.807, 2.05) is 19.2 Å². The molecule has 0 amide bonds. The Kier molecular flexibility index (Phi) is 10.8. The van der Waals surface area contributed by atoms with Crippen LogP contribution in [0.1, 0.15) is 44.6 Å². The van der Waals surface area contributed by atoms with Crippen molar-refractivity contribution >= 4 is 5.96 Å². The molecular weight excluding hydrogens is 352 g/mol. The first-order valence-corrected chi connectivity index (χ1v) is 10.6. The van der Waals surface area contributed by atoms with Gasteiger partial charge in [0, 0.05) is 52.9 Å². The smallest absolute Gasteiger partial charge is 0.191 e. The standard InChI is InChI=1S/C22H38N4O2/c1-19-9-4-5-13-26(19)14-7-12-24-22(23-2)25-18-20-10-6-11-21(17-20)28-16-8-15-27-3/h6,10-11,17,19H,4-5,7-9,12-16,18H2,1-3H3,(H2,23,24,25). The second-order valence-corrected chi connectivity index (χ2v) is 7.43. The first-order chi connectivity index (χ1) is 13.7. The fourth-order valence-corrected chi connectivity index (χ4v) is 3.52. The first kappa shape index (κ1) is 22.5.